The largest absolute Gasteiger partial charge is 0.352 e. The van der Waals surface area contributed by atoms with Crippen molar-refractivity contribution in [3.05, 3.63) is 42.5 Å². The Morgan fingerprint density at radius 2 is 1.84 bits per heavy atom. The van der Waals surface area contributed by atoms with E-state index in [-0.39, 0.29) is 11.8 Å². The van der Waals surface area contributed by atoms with Gasteiger partial charge in [-0.1, -0.05) is 19.9 Å². The molecule has 1 aliphatic rings. The van der Waals surface area contributed by atoms with Gasteiger partial charge < -0.3 is 10.2 Å². The summed E-state index contributed by atoms with van der Waals surface area (Å²) in [5, 5.41) is 3.30. The number of carbonyl (C=O) groups excluding carboxylic acids is 2. The quantitative estimate of drug-likeness (QED) is 0.598. The molecular weight excluding hydrogens is 334 g/mol. The van der Waals surface area contributed by atoms with Crippen LogP contribution in [-0.2, 0) is 4.79 Å². The molecule has 0 radical (unpaired) electrons. The number of nitrogens with zero attached hydrogens (tertiary/aromatic N) is 2. The first-order chi connectivity index (χ1) is 12.0. The number of hydrogen-bond acceptors (Lipinski definition) is 4. The molecular formula is C19H27N3O2S. The monoisotopic (exact) mass is 361 g/mol. The van der Waals surface area contributed by atoms with Gasteiger partial charge in [-0.25, -0.2) is 0 Å². The molecule has 1 aromatic rings. The standard InChI is InChI=1S/C19H27N3O2S/c1-4-9-20-18(23)14-21-10-12-22(13-11-21)19(24)16-5-7-17(8-6-16)25-15(2)3/h4-8,15H,1,9-14H2,2-3H3,(H,20,23). The first kappa shape index (κ1) is 19.5. The predicted octanol–water partition coefficient (Wildman–Crippen LogP) is 2.25. The van der Waals surface area contributed by atoms with Crippen molar-refractivity contribution in [3.63, 3.8) is 0 Å². The second kappa shape index (κ2) is 9.63. The molecule has 136 valence electrons. The van der Waals surface area contributed by atoms with E-state index < -0.39 is 0 Å². The van der Waals surface area contributed by atoms with Crippen LogP contribution in [0.5, 0.6) is 0 Å². The molecule has 5 nitrogen and oxygen atoms in total. The Morgan fingerprint density at radius 3 is 2.40 bits per heavy atom. The van der Waals surface area contributed by atoms with Gasteiger partial charge in [-0.3, -0.25) is 14.5 Å². The number of thioether (sulfide) groups is 1. The van der Waals surface area contributed by atoms with Crippen molar-refractivity contribution >= 4 is 23.6 Å². The zero-order valence-electron chi connectivity index (χ0n) is 15.0. The summed E-state index contributed by atoms with van der Waals surface area (Å²) in [6.07, 6.45) is 1.67. The van der Waals surface area contributed by atoms with Gasteiger partial charge in [0.1, 0.15) is 0 Å². The van der Waals surface area contributed by atoms with Crippen molar-refractivity contribution in [2.45, 2.75) is 24.0 Å². The van der Waals surface area contributed by atoms with Gasteiger partial charge >= 0.3 is 0 Å². The van der Waals surface area contributed by atoms with Gasteiger partial charge in [0.05, 0.1) is 6.54 Å². The van der Waals surface area contributed by atoms with Crippen LogP contribution in [0.25, 0.3) is 0 Å². The fraction of sp³-hybridized carbons (Fsp3) is 0.474. The van der Waals surface area contributed by atoms with Crippen molar-refractivity contribution in [1.82, 2.24) is 15.1 Å². The van der Waals surface area contributed by atoms with Crippen LogP contribution < -0.4 is 5.32 Å². The second-order valence-electron chi connectivity index (χ2n) is 6.35. The third-order valence-electron chi connectivity index (χ3n) is 3.94. The lowest BCUT2D eigenvalue weighted by Gasteiger charge is -2.34. The highest BCUT2D eigenvalue weighted by molar-refractivity contribution is 7.99. The average molecular weight is 362 g/mol. The Balaban J connectivity index is 1.82. The number of hydrogen-bond donors (Lipinski definition) is 1. The summed E-state index contributed by atoms with van der Waals surface area (Å²) in [5.41, 5.74) is 0.727. The second-order valence-corrected chi connectivity index (χ2v) is 8.00. The van der Waals surface area contributed by atoms with Gasteiger partial charge in [0.15, 0.2) is 0 Å². The maximum Gasteiger partial charge on any atom is 0.253 e. The predicted molar refractivity (Wildman–Crippen MR) is 103 cm³/mol. The van der Waals surface area contributed by atoms with Crippen LogP contribution in [0.1, 0.15) is 24.2 Å². The summed E-state index contributed by atoms with van der Waals surface area (Å²) >= 11 is 1.79. The van der Waals surface area contributed by atoms with E-state index in [9.17, 15) is 9.59 Å². The number of nitrogens with one attached hydrogen (secondary N) is 1. The summed E-state index contributed by atoms with van der Waals surface area (Å²) in [5.74, 6) is 0.0646. The molecule has 0 aliphatic carbocycles. The number of piperazine rings is 1. The summed E-state index contributed by atoms with van der Waals surface area (Å²) in [6, 6.07) is 7.83. The Kier molecular flexibility index (Phi) is 7.52. The van der Waals surface area contributed by atoms with Crippen LogP contribution in [-0.4, -0.2) is 66.1 Å². The van der Waals surface area contributed by atoms with Crippen LogP contribution >= 0.6 is 11.8 Å². The van der Waals surface area contributed by atoms with E-state index in [2.05, 4.69) is 30.6 Å². The molecule has 1 fully saturated rings. The van der Waals surface area contributed by atoms with E-state index in [1.54, 1.807) is 17.8 Å². The molecule has 1 aromatic carbocycles. The van der Waals surface area contributed by atoms with Gasteiger partial charge in [-0.05, 0) is 24.3 Å². The van der Waals surface area contributed by atoms with Crippen molar-refractivity contribution in [1.29, 1.82) is 0 Å². The fourth-order valence-electron chi connectivity index (χ4n) is 2.68. The minimum Gasteiger partial charge on any atom is -0.352 e. The fourth-order valence-corrected chi connectivity index (χ4v) is 3.52. The van der Waals surface area contributed by atoms with Gasteiger partial charge in [0.25, 0.3) is 5.91 Å². The molecule has 1 saturated heterocycles. The molecule has 0 spiro atoms. The van der Waals surface area contributed by atoms with E-state index in [0.717, 1.165) is 5.56 Å². The van der Waals surface area contributed by atoms with Crippen molar-refractivity contribution in [3.8, 4) is 0 Å². The third-order valence-corrected chi connectivity index (χ3v) is 4.96. The SMILES string of the molecule is C=CCNC(=O)CN1CCN(C(=O)c2ccc(SC(C)C)cc2)CC1. The zero-order valence-corrected chi connectivity index (χ0v) is 15.8. The van der Waals surface area contributed by atoms with Crippen LogP contribution in [0.15, 0.2) is 41.8 Å². The number of amides is 2. The van der Waals surface area contributed by atoms with Crippen molar-refractivity contribution in [2.24, 2.45) is 0 Å². The number of benzene rings is 1. The molecule has 25 heavy (non-hydrogen) atoms. The van der Waals surface area contributed by atoms with E-state index >= 15 is 0 Å². The van der Waals surface area contributed by atoms with E-state index in [1.807, 2.05) is 29.2 Å². The van der Waals surface area contributed by atoms with Gasteiger partial charge in [0, 0.05) is 48.4 Å². The summed E-state index contributed by atoms with van der Waals surface area (Å²) in [4.78, 5) is 29.5. The van der Waals surface area contributed by atoms with Gasteiger partial charge in [0.2, 0.25) is 5.91 Å². The summed E-state index contributed by atoms with van der Waals surface area (Å²) in [7, 11) is 0. The lowest BCUT2D eigenvalue weighted by Crippen LogP contribution is -2.51. The van der Waals surface area contributed by atoms with Crippen LogP contribution in [0.3, 0.4) is 0 Å². The normalized spacial score (nSPS) is 15.2. The van der Waals surface area contributed by atoms with E-state index in [0.29, 0.717) is 44.5 Å². The molecule has 2 amide bonds. The van der Waals surface area contributed by atoms with Crippen LogP contribution in [0, 0.1) is 0 Å². The van der Waals surface area contributed by atoms with Crippen LogP contribution in [0.4, 0.5) is 0 Å². The third kappa shape index (κ3) is 6.21. The molecule has 1 heterocycles. The minimum absolute atomic E-state index is 0.00193. The summed E-state index contributed by atoms with van der Waals surface area (Å²) < 4.78 is 0. The molecule has 0 aromatic heterocycles. The Hall–Kier alpha value is -1.79. The number of carbonyl (C=O) groups is 2. The molecule has 0 bridgehead atoms. The zero-order chi connectivity index (χ0) is 18.2. The molecule has 0 atom stereocenters. The smallest absolute Gasteiger partial charge is 0.253 e. The van der Waals surface area contributed by atoms with Crippen molar-refractivity contribution < 1.29 is 9.59 Å². The lowest BCUT2D eigenvalue weighted by atomic mass is 10.2. The first-order valence-electron chi connectivity index (χ1n) is 8.65. The average Bonchev–Trinajstić information content (AvgIpc) is 2.60. The van der Waals surface area contributed by atoms with E-state index in [4.69, 9.17) is 0 Å². The minimum atomic E-state index is -0.00193. The highest BCUT2D eigenvalue weighted by Crippen LogP contribution is 2.23. The molecule has 6 heteroatoms. The topological polar surface area (TPSA) is 52.7 Å². The van der Waals surface area contributed by atoms with Gasteiger partial charge in [-0.2, -0.15) is 0 Å². The highest BCUT2D eigenvalue weighted by atomic mass is 32.2. The molecule has 0 saturated carbocycles. The summed E-state index contributed by atoms with van der Waals surface area (Å²) in [6.45, 7) is 11.5. The number of rotatable bonds is 7. The van der Waals surface area contributed by atoms with Gasteiger partial charge in [-0.15, -0.1) is 18.3 Å². The van der Waals surface area contributed by atoms with Crippen molar-refractivity contribution in [2.75, 3.05) is 39.3 Å². The maximum atomic E-state index is 12.6. The molecule has 0 unspecified atom stereocenters. The Bertz CT molecular complexity index is 593. The lowest BCUT2D eigenvalue weighted by molar-refractivity contribution is -0.122. The molecule has 1 N–H and O–H groups in total. The van der Waals surface area contributed by atoms with Crippen LogP contribution in [0.2, 0.25) is 0 Å². The molecule has 2 rings (SSSR count). The first-order valence-corrected chi connectivity index (χ1v) is 9.53. The van der Waals surface area contributed by atoms with E-state index in [1.165, 1.54) is 4.90 Å². The maximum absolute atomic E-state index is 12.6. The molecule has 1 aliphatic heterocycles. The Morgan fingerprint density at radius 1 is 1.20 bits per heavy atom. The highest BCUT2D eigenvalue weighted by Gasteiger charge is 2.23. The Labute approximate surface area is 154 Å².